The van der Waals surface area contributed by atoms with Crippen LogP contribution in [-0.4, -0.2) is 43.9 Å². The monoisotopic (exact) mass is 403 g/mol. The molecule has 28 heavy (non-hydrogen) atoms. The van der Waals surface area contributed by atoms with E-state index in [4.69, 9.17) is 19.3 Å². The molecule has 0 heterocycles. The first-order chi connectivity index (χ1) is 13.6. The molecule has 0 radical (unpaired) electrons. The number of aliphatic hydroxyl groups is 1. The van der Waals surface area contributed by atoms with Gasteiger partial charge in [0.05, 0.1) is 6.61 Å². The van der Waals surface area contributed by atoms with Crippen molar-refractivity contribution < 1.29 is 24.1 Å². The van der Waals surface area contributed by atoms with E-state index in [1.165, 1.54) is 7.11 Å². The van der Waals surface area contributed by atoms with Crippen LogP contribution in [0.4, 0.5) is 10.5 Å². The van der Waals surface area contributed by atoms with Crippen LogP contribution in [0.3, 0.4) is 0 Å². The number of hydrogen-bond acceptors (Lipinski definition) is 6. The second-order valence-electron chi connectivity index (χ2n) is 5.76. The van der Waals surface area contributed by atoms with E-state index in [0.717, 1.165) is 10.5 Å². The van der Waals surface area contributed by atoms with Crippen molar-refractivity contribution in [3.05, 3.63) is 66.7 Å². The van der Waals surface area contributed by atoms with E-state index in [9.17, 15) is 4.79 Å². The van der Waals surface area contributed by atoms with Gasteiger partial charge in [-0.1, -0.05) is 18.2 Å². The number of thioether (sulfide) groups is 1. The molecule has 6 nitrogen and oxygen atoms in total. The first-order valence-electron chi connectivity index (χ1n) is 8.72. The summed E-state index contributed by atoms with van der Waals surface area (Å²) in [6.45, 7) is 3.91. The summed E-state index contributed by atoms with van der Waals surface area (Å²) in [7, 11) is 1.53. The van der Waals surface area contributed by atoms with Crippen molar-refractivity contribution >= 4 is 23.5 Å². The third-order valence-electron chi connectivity index (χ3n) is 3.94. The second-order valence-corrected chi connectivity index (χ2v) is 6.64. The average molecular weight is 404 g/mol. The molecule has 0 unspecified atom stereocenters. The maximum atomic E-state index is 12.4. The third kappa shape index (κ3) is 6.30. The fourth-order valence-electron chi connectivity index (χ4n) is 2.52. The van der Waals surface area contributed by atoms with Crippen LogP contribution in [0, 0.1) is 0 Å². The number of hydrogen-bond donors (Lipinski definition) is 2. The number of aliphatic hydroxyl groups excluding tert-OH is 1. The molecule has 2 N–H and O–H groups in total. The highest BCUT2D eigenvalue weighted by Gasteiger charge is 2.25. The maximum Gasteiger partial charge on any atom is 0.412 e. The van der Waals surface area contributed by atoms with Crippen LogP contribution in [-0.2, 0) is 9.47 Å². The highest BCUT2D eigenvalue weighted by Crippen LogP contribution is 2.27. The van der Waals surface area contributed by atoms with Crippen LogP contribution in [0.2, 0.25) is 0 Å². The number of methoxy groups -OCH3 is 1. The lowest BCUT2D eigenvalue weighted by atomic mass is 10.0. The van der Waals surface area contributed by atoms with E-state index in [1.54, 1.807) is 42.1 Å². The van der Waals surface area contributed by atoms with Crippen LogP contribution in [0.5, 0.6) is 5.75 Å². The fourth-order valence-corrected chi connectivity index (χ4v) is 2.93. The summed E-state index contributed by atoms with van der Waals surface area (Å²) in [5.41, 5.74) is 1.37. The SMILES string of the molecule is C=C[C@H](OC)[C@@H](OC(=O)Nc1ccc(SC)cc1)c1ccc(OCCO)cc1. The van der Waals surface area contributed by atoms with Gasteiger partial charge in [-0.2, -0.15) is 0 Å². The quantitative estimate of drug-likeness (QED) is 0.456. The number of anilines is 1. The van der Waals surface area contributed by atoms with Gasteiger partial charge in [0, 0.05) is 17.7 Å². The molecule has 0 saturated heterocycles. The van der Waals surface area contributed by atoms with Crippen LogP contribution in [0.1, 0.15) is 11.7 Å². The van der Waals surface area contributed by atoms with Gasteiger partial charge in [-0.25, -0.2) is 4.79 Å². The number of carbonyl (C=O) groups is 1. The molecule has 2 atom stereocenters. The van der Waals surface area contributed by atoms with Gasteiger partial charge < -0.3 is 19.3 Å². The molecular weight excluding hydrogens is 378 g/mol. The molecule has 2 aromatic carbocycles. The van der Waals surface area contributed by atoms with Gasteiger partial charge in [0.25, 0.3) is 0 Å². The molecule has 0 aromatic heterocycles. The zero-order chi connectivity index (χ0) is 20.4. The summed E-state index contributed by atoms with van der Waals surface area (Å²) in [5.74, 6) is 0.613. The van der Waals surface area contributed by atoms with E-state index in [0.29, 0.717) is 11.4 Å². The minimum Gasteiger partial charge on any atom is -0.491 e. The number of benzene rings is 2. The molecule has 0 bridgehead atoms. The van der Waals surface area contributed by atoms with Crippen LogP contribution in [0.15, 0.2) is 66.1 Å². The molecule has 150 valence electrons. The molecule has 2 aromatic rings. The average Bonchev–Trinajstić information content (AvgIpc) is 2.73. The largest absolute Gasteiger partial charge is 0.491 e. The Bertz CT molecular complexity index is 748. The Hall–Kier alpha value is -2.48. The molecule has 7 heteroatoms. The summed E-state index contributed by atoms with van der Waals surface area (Å²) in [4.78, 5) is 13.5. The first-order valence-corrected chi connectivity index (χ1v) is 9.94. The second kappa shape index (κ2) is 11.4. The maximum absolute atomic E-state index is 12.4. The Labute approximate surface area is 169 Å². The third-order valence-corrected chi connectivity index (χ3v) is 4.69. The summed E-state index contributed by atoms with van der Waals surface area (Å²) < 4.78 is 16.4. The van der Waals surface area contributed by atoms with Crippen molar-refractivity contribution in [2.75, 3.05) is 31.9 Å². The Morgan fingerprint density at radius 1 is 1.21 bits per heavy atom. The first kappa shape index (κ1) is 21.8. The standard InChI is InChI=1S/C21H25NO5S/c1-4-19(25-2)20(15-5-9-17(10-6-15)26-14-13-23)27-21(24)22-16-7-11-18(28-3)12-8-16/h4-12,19-20,23H,1,13-14H2,2-3H3,(H,22,24)/t19-,20-/m0/s1. The van der Waals surface area contributed by atoms with Gasteiger partial charge in [0.15, 0.2) is 6.10 Å². The number of nitrogens with one attached hydrogen (secondary N) is 1. The van der Waals surface area contributed by atoms with Crippen LogP contribution < -0.4 is 10.1 Å². The molecule has 0 saturated carbocycles. The van der Waals surface area contributed by atoms with Crippen LogP contribution >= 0.6 is 11.8 Å². The van der Waals surface area contributed by atoms with Gasteiger partial charge in [-0.05, 0) is 48.2 Å². The zero-order valence-electron chi connectivity index (χ0n) is 16.0. The Morgan fingerprint density at radius 3 is 2.43 bits per heavy atom. The molecule has 2 rings (SSSR count). The lowest BCUT2D eigenvalue weighted by Crippen LogP contribution is -2.26. The lowest BCUT2D eigenvalue weighted by Gasteiger charge is -2.24. The number of ether oxygens (including phenoxy) is 3. The van der Waals surface area contributed by atoms with E-state index < -0.39 is 18.3 Å². The van der Waals surface area contributed by atoms with Crippen molar-refractivity contribution in [3.8, 4) is 5.75 Å². The minimum atomic E-state index is -0.681. The van der Waals surface area contributed by atoms with Crippen LogP contribution in [0.25, 0.3) is 0 Å². The van der Waals surface area contributed by atoms with Crippen molar-refractivity contribution in [3.63, 3.8) is 0 Å². The normalized spacial score (nSPS) is 12.7. The van der Waals surface area contributed by atoms with E-state index in [-0.39, 0.29) is 13.2 Å². The van der Waals surface area contributed by atoms with Gasteiger partial charge in [0.1, 0.15) is 18.5 Å². The molecule has 0 aliphatic carbocycles. The molecule has 0 aliphatic heterocycles. The molecule has 0 fully saturated rings. The van der Waals surface area contributed by atoms with Crippen molar-refractivity contribution in [2.45, 2.75) is 17.1 Å². The molecule has 0 spiro atoms. The summed E-state index contributed by atoms with van der Waals surface area (Å²) in [5, 5.41) is 11.6. The molecule has 1 amide bonds. The molecule has 0 aliphatic rings. The van der Waals surface area contributed by atoms with E-state index >= 15 is 0 Å². The predicted octanol–water partition coefficient (Wildman–Crippen LogP) is 4.27. The summed E-state index contributed by atoms with van der Waals surface area (Å²) in [6, 6.07) is 14.5. The summed E-state index contributed by atoms with van der Waals surface area (Å²) >= 11 is 1.62. The van der Waals surface area contributed by atoms with Gasteiger partial charge in [-0.3, -0.25) is 5.32 Å². The minimum absolute atomic E-state index is 0.0617. The van der Waals surface area contributed by atoms with E-state index in [2.05, 4.69) is 11.9 Å². The highest BCUT2D eigenvalue weighted by atomic mass is 32.2. The van der Waals surface area contributed by atoms with Crippen molar-refractivity contribution in [1.82, 2.24) is 0 Å². The predicted molar refractivity (Wildman–Crippen MR) is 111 cm³/mol. The zero-order valence-corrected chi connectivity index (χ0v) is 16.8. The highest BCUT2D eigenvalue weighted by molar-refractivity contribution is 7.98. The topological polar surface area (TPSA) is 77.0 Å². The van der Waals surface area contributed by atoms with Crippen molar-refractivity contribution in [2.24, 2.45) is 0 Å². The smallest absolute Gasteiger partial charge is 0.412 e. The molecular formula is C21H25NO5S. The van der Waals surface area contributed by atoms with Gasteiger partial charge in [-0.15, -0.1) is 18.3 Å². The van der Waals surface area contributed by atoms with Gasteiger partial charge >= 0.3 is 6.09 Å². The summed E-state index contributed by atoms with van der Waals surface area (Å²) in [6.07, 6.45) is 1.78. The number of carbonyl (C=O) groups excluding carboxylic acids is 1. The fraction of sp³-hybridized carbons (Fsp3) is 0.286. The van der Waals surface area contributed by atoms with E-state index in [1.807, 2.05) is 30.5 Å². The number of rotatable bonds is 10. The Morgan fingerprint density at radius 2 is 1.89 bits per heavy atom. The Kier molecular flexibility index (Phi) is 8.87. The number of amides is 1. The van der Waals surface area contributed by atoms with Gasteiger partial charge in [0.2, 0.25) is 0 Å². The Balaban J connectivity index is 2.11. The van der Waals surface area contributed by atoms with Crippen molar-refractivity contribution in [1.29, 1.82) is 0 Å². The lowest BCUT2D eigenvalue weighted by molar-refractivity contribution is 0.00600.